The van der Waals surface area contributed by atoms with Gasteiger partial charge >= 0.3 is 0 Å². The first-order valence-electron chi connectivity index (χ1n) is 8.67. The summed E-state index contributed by atoms with van der Waals surface area (Å²) in [5, 5.41) is 5.50. The molecule has 0 spiro atoms. The van der Waals surface area contributed by atoms with E-state index in [9.17, 15) is 18.8 Å². The highest BCUT2D eigenvalue weighted by molar-refractivity contribution is 8.15. The van der Waals surface area contributed by atoms with Crippen molar-refractivity contribution in [3.63, 3.8) is 0 Å². The van der Waals surface area contributed by atoms with Gasteiger partial charge in [-0.1, -0.05) is 11.8 Å². The molecule has 146 valence electrons. The molecule has 9 heteroatoms. The molecule has 27 heavy (non-hydrogen) atoms. The predicted molar refractivity (Wildman–Crippen MR) is 103 cm³/mol. The minimum absolute atomic E-state index is 0.0131. The summed E-state index contributed by atoms with van der Waals surface area (Å²) in [6, 6.07) is 5.49. The smallest absolute Gasteiger partial charge is 0.275 e. The van der Waals surface area contributed by atoms with E-state index in [2.05, 4.69) is 15.6 Å². The van der Waals surface area contributed by atoms with Crippen molar-refractivity contribution in [3.05, 3.63) is 30.1 Å². The van der Waals surface area contributed by atoms with Gasteiger partial charge in [-0.3, -0.25) is 14.4 Å². The normalized spacial score (nSPS) is 17.6. The zero-order valence-electron chi connectivity index (χ0n) is 15.5. The van der Waals surface area contributed by atoms with Crippen molar-refractivity contribution in [2.24, 2.45) is 4.99 Å². The Balaban J connectivity index is 1.79. The largest absolute Gasteiger partial charge is 0.349 e. The van der Waals surface area contributed by atoms with Crippen LogP contribution in [0.5, 0.6) is 0 Å². The van der Waals surface area contributed by atoms with E-state index in [1.165, 1.54) is 36.0 Å². The molecule has 3 amide bonds. The van der Waals surface area contributed by atoms with Gasteiger partial charge in [0, 0.05) is 18.2 Å². The molecule has 0 bridgehead atoms. The molecule has 0 saturated heterocycles. The lowest BCUT2D eigenvalue weighted by atomic mass is 10.2. The Morgan fingerprint density at radius 1 is 1.26 bits per heavy atom. The molecule has 0 fully saturated rings. The summed E-state index contributed by atoms with van der Waals surface area (Å²) in [6.45, 7) is 4.51. The van der Waals surface area contributed by atoms with E-state index >= 15 is 0 Å². The molecule has 3 N–H and O–H groups in total. The molecule has 1 aliphatic rings. The molecule has 7 nitrogen and oxygen atoms in total. The predicted octanol–water partition coefficient (Wildman–Crippen LogP) is 0.234. The number of quaternary nitrogens is 1. The molecule has 1 aromatic rings. The van der Waals surface area contributed by atoms with Crippen LogP contribution in [0.2, 0.25) is 0 Å². The number of halogens is 1. The second-order valence-electron chi connectivity index (χ2n) is 6.74. The highest BCUT2D eigenvalue weighted by atomic mass is 32.2. The fourth-order valence-corrected chi connectivity index (χ4v) is 3.72. The summed E-state index contributed by atoms with van der Waals surface area (Å²) in [6.07, 6.45) is -0.0131. The SMILES string of the molecule is CC(C)NC(=O)C[NH+](C)CC1=NC(=O)[C@@H](CC(=O)Nc2ccc(F)cc2)S1. The summed E-state index contributed by atoms with van der Waals surface area (Å²) in [5.74, 6) is -1.13. The Hall–Kier alpha value is -2.26. The second-order valence-corrected chi connectivity index (χ2v) is 8.02. The molecule has 0 aromatic heterocycles. The van der Waals surface area contributed by atoms with Crippen LogP contribution in [0.4, 0.5) is 10.1 Å². The average molecular weight is 395 g/mol. The van der Waals surface area contributed by atoms with E-state index < -0.39 is 5.25 Å². The van der Waals surface area contributed by atoms with E-state index in [-0.39, 0.29) is 42.5 Å². The van der Waals surface area contributed by atoms with Gasteiger partial charge < -0.3 is 15.5 Å². The van der Waals surface area contributed by atoms with Crippen molar-refractivity contribution in [2.45, 2.75) is 31.6 Å². The molecular formula is C18H24FN4O3S+. The molecule has 1 aliphatic heterocycles. The highest BCUT2D eigenvalue weighted by Gasteiger charge is 2.32. The van der Waals surface area contributed by atoms with Gasteiger partial charge in [-0.2, -0.15) is 0 Å². The van der Waals surface area contributed by atoms with Crippen molar-refractivity contribution >= 4 is 40.2 Å². The zero-order valence-corrected chi connectivity index (χ0v) is 16.4. The Labute approximate surface area is 161 Å². The Morgan fingerprint density at radius 3 is 2.56 bits per heavy atom. The summed E-state index contributed by atoms with van der Waals surface area (Å²) in [5.41, 5.74) is 0.471. The number of nitrogens with zero attached hydrogens (tertiary/aromatic N) is 1. The summed E-state index contributed by atoms with van der Waals surface area (Å²) in [4.78, 5) is 40.8. The van der Waals surface area contributed by atoms with Crippen LogP contribution in [0.15, 0.2) is 29.3 Å². The topological polar surface area (TPSA) is 92.1 Å². The van der Waals surface area contributed by atoms with Crippen molar-refractivity contribution in [1.82, 2.24) is 5.32 Å². The number of benzene rings is 1. The third-order valence-electron chi connectivity index (χ3n) is 3.65. The van der Waals surface area contributed by atoms with Crippen LogP contribution in [-0.2, 0) is 14.4 Å². The van der Waals surface area contributed by atoms with Gasteiger partial charge in [-0.15, -0.1) is 0 Å². The molecule has 2 atom stereocenters. The maximum absolute atomic E-state index is 12.9. The van der Waals surface area contributed by atoms with E-state index in [0.29, 0.717) is 17.3 Å². The number of amides is 3. The van der Waals surface area contributed by atoms with Gasteiger partial charge in [0.2, 0.25) is 5.91 Å². The quantitative estimate of drug-likeness (QED) is 0.588. The maximum atomic E-state index is 12.9. The van der Waals surface area contributed by atoms with Crippen LogP contribution in [0.3, 0.4) is 0 Å². The van der Waals surface area contributed by atoms with Crippen LogP contribution >= 0.6 is 11.8 Å². The third-order valence-corrected chi connectivity index (χ3v) is 4.81. The lowest BCUT2D eigenvalue weighted by Gasteiger charge is -2.15. The number of thioether (sulfide) groups is 1. The molecule has 2 rings (SSSR count). The fraction of sp³-hybridized carbons (Fsp3) is 0.444. The van der Waals surface area contributed by atoms with Gasteiger partial charge in [-0.25, -0.2) is 9.38 Å². The Kier molecular flexibility index (Phi) is 7.49. The highest BCUT2D eigenvalue weighted by Crippen LogP contribution is 2.25. The van der Waals surface area contributed by atoms with Crippen molar-refractivity contribution in [2.75, 3.05) is 25.5 Å². The van der Waals surface area contributed by atoms with Crippen LogP contribution in [-0.4, -0.2) is 54.2 Å². The first-order chi connectivity index (χ1) is 12.7. The minimum Gasteiger partial charge on any atom is -0.349 e. The summed E-state index contributed by atoms with van der Waals surface area (Å²) >= 11 is 1.26. The number of anilines is 1. The van der Waals surface area contributed by atoms with Crippen LogP contribution < -0.4 is 15.5 Å². The lowest BCUT2D eigenvalue weighted by Crippen LogP contribution is -3.11. The summed E-state index contributed by atoms with van der Waals surface area (Å²) in [7, 11) is 1.85. The number of nitrogens with one attached hydrogen (secondary N) is 3. The molecular weight excluding hydrogens is 371 g/mol. The first-order valence-corrected chi connectivity index (χ1v) is 9.55. The number of carbonyl (C=O) groups excluding carboxylic acids is 3. The Bertz CT molecular complexity index is 737. The van der Waals surface area contributed by atoms with Gasteiger partial charge in [0.1, 0.15) is 22.7 Å². The molecule has 1 heterocycles. The van der Waals surface area contributed by atoms with E-state index in [1.807, 2.05) is 20.9 Å². The van der Waals surface area contributed by atoms with E-state index in [4.69, 9.17) is 0 Å². The van der Waals surface area contributed by atoms with Gasteiger partial charge in [0.05, 0.1) is 7.05 Å². The number of hydrogen-bond donors (Lipinski definition) is 3. The number of rotatable bonds is 8. The van der Waals surface area contributed by atoms with Crippen LogP contribution in [0.1, 0.15) is 20.3 Å². The fourth-order valence-electron chi connectivity index (χ4n) is 2.53. The maximum Gasteiger partial charge on any atom is 0.275 e. The van der Waals surface area contributed by atoms with E-state index in [1.54, 1.807) is 0 Å². The van der Waals surface area contributed by atoms with Crippen molar-refractivity contribution in [1.29, 1.82) is 0 Å². The van der Waals surface area contributed by atoms with Gasteiger partial charge in [0.15, 0.2) is 6.54 Å². The molecule has 1 aromatic carbocycles. The number of aliphatic imine (C=N–C) groups is 1. The number of carbonyl (C=O) groups is 3. The third kappa shape index (κ3) is 7.10. The second kappa shape index (κ2) is 9.61. The summed E-state index contributed by atoms with van der Waals surface area (Å²) < 4.78 is 12.9. The standard InChI is InChI=1S/C18H23FN4O3S/c1-11(2)20-16(25)9-23(3)10-17-22-18(26)14(27-17)8-15(24)21-13-6-4-12(19)5-7-13/h4-7,11,14H,8-10H2,1-3H3,(H,20,25)(H,21,24)/p+1/t14-/m1/s1. The van der Waals surface area contributed by atoms with Gasteiger partial charge in [0.25, 0.3) is 11.8 Å². The molecule has 0 aliphatic carbocycles. The number of likely N-dealkylation sites (N-methyl/N-ethyl adjacent to an activating group) is 1. The van der Waals surface area contributed by atoms with Crippen molar-refractivity contribution < 1.29 is 23.7 Å². The Morgan fingerprint density at radius 2 is 1.93 bits per heavy atom. The average Bonchev–Trinajstić information content (AvgIpc) is 2.87. The number of hydrogen-bond acceptors (Lipinski definition) is 4. The van der Waals surface area contributed by atoms with Gasteiger partial charge in [-0.05, 0) is 38.1 Å². The lowest BCUT2D eigenvalue weighted by molar-refractivity contribution is -0.861. The monoisotopic (exact) mass is 395 g/mol. The molecule has 1 unspecified atom stereocenters. The first kappa shape index (κ1) is 21.0. The minimum atomic E-state index is -0.572. The van der Waals surface area contributed by atoms with E-state index in [0.717, 1.165) is 4.90 Å². The molecule has 0 radical (unpaired) electrons. The molecule has 0 saturated carbocycles. The van der Waals surface area contributed by atoms with Crippen LogP contribution in [0.25, 0.3) is 0 Å². The van der Waals surface area contributed by atoms with Crippen molar-refractivity contribution in [3.8, 4) is 0 Å². The van der Waals surface area contributed by atoms with Crippen LogP contribution in [0, 0.1) is 5.82 Å². The zero-order chi connectivity index (χ0) is 20.0.